The molecule has 17 heteroatoms. The molecule has 0 aliphatic carbocycles. The Bertz CT molecular complexity index is 1740. The minimum Gasteiger partial charge on any atom is -0.545 e. The van der Waals surface area contributed by atoms with Crippen LogP contribution in [0.3, 0.4) is 0 Å². The Morgan fingerprint density at radius 1 is 0.258 bits per heavy atom. The summed E-state index contributed by atoms with van der Waals surface area (Å²) in [5.74, 6) is -13.7. The summed E-state index contributed by atoms with van der Waals surface area (Å²) in [6, 6.07) is 0. The Morgan fingerprint density at radius 3 is 0.419 bits per heavy atom. The van der Waals surface area contributed by atoms with Crippen molar-refractivity contribution in [2.24, 2.45) is 0 Å². The van der Waals surface area contributed by atoms with E-state index in [0.717, 1.165) is 0 Å². The summed E-state index contributed by atoms with van der Waals surface area (Å²) in [6.45, 7) is 18.2. The van der Waals surface area contributed by atoms with E-state index in [2.05, 4.69) is 0 Å². The van der Waals surface area contributed by atoms with Crippen LogP contribution in [0.2, 0.25) is 0 Å². The van der Waals surface area contributed by atoms with E-state index in [9.17, 15) is 73.8 Å². The molecule has 0 saturated heterocycles. The van der Waals surface area contributed by atoms with Gasteiger partial charge in [-0.15, -0.1) is 0 Å². The van der Waals surface area contributed by atoms with Gasteiger partial charge in [-0.05, 0) is 117 Å². The van der Waals surface area contributed by atoms with E-state index in [1.807, 2.05) is 0 Å². The first-order valence-corrected chi connectivity index (χ1v) is 17.8. The molecule has 0 aromatic carbocycles. The minimum atomic E-state index is -1.72. The number of carbonyl (C=O) groups excluding carboxylic acids is 9. The number of rotatable bonds is 18. The first kappa shape index (κ1) is 65.1. The average molecular weight is 1030 g/mol. The Labute approximate surface area is 387 Å². The number of Topliss-reactive ketones (excluding diaryl/α,β-unsaturated/α-hetero) is 3. The summed E-state index contributed by atoms with van der Waals surface area (Å²) >= 11 is 0. The molecule has 0 aliphatic heterocycles. The molecule has 334 valence electrons. The first-order valence-electron chi connectivity index (χ1n) is 17.8. The number of allylic oxidation sites excluding steroid dienone is 18. The number of ketones is 3. The van der Waals surface area contributed by atoms with Gasteiger partial charge < -0.3 is 59.4 Å². The third-order valence-electron chi connectivity index (χ3n) is 7.45. The van der Waals surface area contributed by atoms with Gasteiger partial charge in [0.25, 0.3) is 0 Å². The van der Waals surface area contributed by atoms with Crippen LogP contribution in [0, 0.1) is 0 Å². The van der Waals surface area contributed by atoms with Gasteiger partial charge in [0, 0.05) is 33.4 Å². The molecule has 0 saturated carbocycles. The van der Waals surface area contributed by atoms with Crippen molar-refractivity contribution in [3.63, 3.8) is 0 Å². The van der Waals surface area contributed by atoms with E-state index in [1.54, 1.807) is 41.5 Å². The van der Waals surface area contributed by atoms with Gasteiger partial charge in [0.2, 0.25) is 0 Å². The summed E-state index contributed by atoms with van der Waals surface area (Å²) in [5.41, 5.74) is -3.44. The molecule has 0 heterocycles. The molecule has 0 N–H and O–H groups in total. The van der Waals surface area contributed by atoms with Crippen LogP contribution in [0.1, 0.15) is 83.1 Å². The SMILES string of the molecule is C/C=C/C(C)=C(/C(=O)[O-])C(=O)/C(C(=O)[O-])=C(C)\C=C\C.C/C=C/C(C)=C(/C(=O)[O-])C(=O)/C(C(=O)[O-])=C(C)\C=C\C.C/C=C/C(C)=C(/C(=O)[O-])C(=O)/C(C(=O)[O-])=C(C)\C=C\C.[Ru+3].[Ru+3]. The maximum absolute atomic E-state index is 12.1. The van der Waals surface area contributed by atoms with Gasteiger partial charge in [-0.2, -0.15) is 0 Å². The second kappa shape index (κ2) is 33.6. The zero-order chi connectivity index (χ0) is 47.6. The van der Waals surface area contributed by atoms with Gasteiger partial charge in [0.15, 0.2) is 17.3 Å². The van der Waals surface area contributed by atoms with Crippen LogP contribution >= 0.6 is 0 Å². The first-order chi connectivity index (χ1) is 27.8. The van der Waals surface area contributed by atoms with Gasteiger partial charge in [-0.25, -0.2) is 0 Å². The van der Waals surface area contributed by atoms with E-state index in [4.69, 9.17) is 0 Å². The van der Waals surface area contributed by atoms with Crippen LogP contribution in [0.15, 0.2) is 140 Å². The number of carboxylic acid groups (broad SMARTS) is 6. The fourth-order valence-electron chi connectivity index (χ4n) is 4.97. The van der Waals surface area contributed by atoms with Crippen LogP contribution in [-0.4, -0.2) is 53.2 Å². The third kappa shape index (κ3) is 21.5. The largest absolute Gasteiger partial charge is 3.00 e. The molecule has 0 atom stereocenters. The third-order valence-corrected chi connectivity index (χ3v) is 7.45. The van der Waals surface area contributed by atoms with Gasteiger partial charge in [0.1, 0.15) is 0 Å². The van der Waals surface area contributed by atoms with Crippen molar-refractivity contribution in [2.45, 2.75) is 83.1 Å². The zero-order valence-electron chi connectivity index (χ0n) is 36.3. The summed E-state index contributed by atoms with van der Waals surface area (Å²) in [6.07, 6.45) is 17.5. The molecular weight excluding hydrogens is 983 g/mol. The Kier molecular flexibility index (Phi) is 35.3. The van der Waals surface area contributed by atoms with Crippen molar-refractivity contribution >= 4 is 53.2 Å². The predicted octanol–water partition coefficient (Wildman–Crippen LogP) is -0.483. The fourth-order valence-corrected chi connectivity index (χ4v) is 4.97. The molecule has 2 radical (unpaired) electrons. The predicted molar refractivity (Wildman–Crippen MR) is 210 cm³/mol. The number of aliphatic carboxylic acids is 6. The zero-order valence-corrected chi connectivity index (χ0v) is 39.7. The molecule has 0 unspecified atom stereocenters. The second-order valence-corrected chi connectivity index (χ2v) is 12.1. The Balaban J connectivity index is -0.000000258. The average Bonchev–Trinajstić information content (AvgIpc) is 3.09. The maximum atomic E-state index is 12.1. The second-order valence-electron chi connectivity index (χ2n) is 12.1. The molecule has 0 aliphatic rings. The van der Waals surface area contributed by atoms with Gasteiger partial charge in [-0.1, -0.05) is 72.9 Å². The summed E-state index contributed by atoms with van der Waals surface area (Å²) in [7, 11) is 0. The normalized spacial score (nSPS) is 13.7. The molecule has 0 amide bonds. The van der Waals surface area contributed by atoms with Crippen molar-refractivity contribution in [2.75, 3.05) is 0 Å². The smallest absolute Gasteiger partial charge is 0.545 e. The summed E-state index contributed by atoms with van der Waals surface area (Å²) in [5, 5.41) is 66.5. The molecule has 0 spiro atoms. The minimum absolute atomic E-state index is 0. The van der Waals surface area contributed by atoms with Crippen molar-refractivity contribution < 1.29 is 113 Å². The maximum Gasteiger partial charge on any atom is 3.00 e. The number of hydrogen-bond donors (Lipinski definition) is 0. The standard InChI is InChI=1S/3C15H18O5.2Ru/c3*1-5-7-9(3)11(14(17)18)13(16)12(15(19)20)10(4)8-6-2;;/h3*5-8H,1-4H3,(H,17,18)(H,19,20);;/q;;;2*+3/p-6/b3*7-5+,8-6+,11-9+,12-10+;;. The number of hydrogen-bond acceptors (Lipinski definition) is 15. The van der Waals surface area contributed by atoms with Crippen LogP contribution in [0.25, 0.3) is 0 Å². The fraction of sp³-hybridized carbons (Fsp3) is 0.267. The summed E-state index contributed by atoms with van der Waals surface area (Å²) in [4.78, 5) is 103. The monoisotopic (exact) mass is 1030 g/mol. The van der Waals surface area contributed by atoms with E-state index >= 15 is 0 Å². The van der Waals surface area contributed by atoms with Crippen molar-refractivity contribution in [3.05, 3.63) is 140 Å². The van der Waals surface area contributed by atoms with E-state index in [-0.39, 0.29) is 72.4 Å². The van der Waals surface area contributed by atoms with Crippen LogP contribution in [-0.2, 0) is 82.1 Å². The summed E-state index contributed by atoms with van der Waals surface area (Å²) < 4.78 is 0. The molecule has 0 rings (SSSR count). The molecule has 0 fully saturated rings. The topological polar surface area (TPSA) is 292 Å². The van der Waals surface area contributed by atoms with Crippen LogP contribution in [0.5, 0.6) is 0 Å². The van der Waals surface area contributed by atoms with Gasteiger partial charge >= 0.3 is 39.0 Å². The molecular formula is C45H48O15Ru2. The van der Waals surface area contributed by atoms with Crippen LogP contribution < -0.4 is 30.6 Å². The van der Waals surface area contributed by atoms with E-state index < -0.39 is 86.6 Å². The quantitative estimate of drug-likeness (QED) is 0.0551. The van der Waals surface area contributed by atoms with Crippen LogP contribution in [0.4, 0.5) is 0 Å². The van der Waals surface area contributed by atoms with Crippen molar-refractivity contribution in [1.29, 1.82) is 0 Å². The molecule has 0 aromatic heterocycles. The van der Waals surface area contributed by atoms with Gasteiger partial charge in [0.05, 0.1) is 35.8 Å². The Hall–Kier alpha value is -6.04. The molecule has 0 aromatic rings. The number of carboxylic acids is 6. The van der Waals surface area contributed by atoms with E-state index in [1.165, 1.54) is 114 Å². The number of carbonyl (C=O) groups is 9. The molecule has 15 nitrogen and oxygen atoms in total. The van der Waals surface area contributed by atoms with Gasteiger partial charge in [-0.3, -0.25) is 14.4 Å². The Morgan fingerprint density at radius 2 is 0.355 bits per heavy atom. The van der Waals surface area contributed by atoms with E-state index in [0.29, 0.717) is 0 Å². The van der Waals surface area contributed by atoms with Crippen molar-refractivity contribution in [1.82, 2.24) is 0 Å². The molecule has 62 heavy (non-hydrogen) atoms. The molecule has 0 bridgehead atoms. The van der Waals surface area contributed by atoms with Crippen molar-refractivity contribution in [3.8, 4) is 0 Å².